The van der Waals surface area contributed by atoms with Crippen LogP contribution in [0.2, 0.25) is 10.0 Å². The topological polar surface area (TPSA) is 86.8 Å². The van der Waals surface area contributed by atoms with E-state index in [9.17, 15) is 18.0 Å². The van der Waals surface area contributed by atoms with E-state index in [-0.39, 0.29) is 39.5 Å². The molecule has 0 aliphatic rings. The molecule has 4 aromatic rings. The molecule has 0 bridgehead atoms. The first-order valence-corrected chi connectivity index (χ1v) is 17.4. The summed E-state index contributed by atoms with van der Waals surface area (Å²) in [6, 6.07) is 26.6. The molecule has 2 amide bonds. The Morgan fingerprint density at radius 2 is 1.56 bits per heavy atom. The summed E-state index contributed by atoms with van der Waals surface area (Å²) in [5, 5.41) is 3.28. The first kappa shape index (κ1) is 34.5. The molecule has 1 unspecified atom stereocenters. The van der Waals surface area contributed by atoms with E-state index >= 15 is 0 Å². The maximum Gasteiger partial charge on any atom is 0.264 e. The number of rotatable bonds is 13. The molecule has 7 nitrogen and oxygen atoms in total. The summed E-state index contributed by atoms with van der Waals surface area (Å²) in [7, 11) is -4.30. The highest BCUT2D eigenvalue weighted by Gasteiger charge is 2.35. The molecule has 0 saturated heterocycles. The summed E-state index contributed by atoms with van der Waals surface area (Å²) >= 11 is 16.3. The molecule has 45 heavy (non-hydrogen) atoms. The maximum atomic E-state index is 14.5. The number of hydrogen-bond acceptors (Lipinski definition) is 4. The fourth-order valence-electron chi connectivity index (χ4n) is 4.73. The molecule has 0 fully saturated rings. The van der Waals surface area contributed by atoms with Crippen molar-refractivity contribution in [2.75, 3.05) is 17.4 Å². The number of nitrogens with one attached hydrogen (secondary N) is 1. The van der Waals surface area contributed by atoms with Crippen molar-refractivity contribution in [3.05, 3.63) is 128 Å². The molecule has 0 spiro atoms. The van der Waals surface area contributed by atoms with E-state index in [1.807, 2.05) is 68.4 Å². The number of anilines is 1. The molecule has 0 radical (unpaired) electrons. The van der Waals surface area contributed by atoms with Crippen LogP contribution >= 0.6 is 39.1 Å². The highest BCUT2D eigenvalue weighted by molar-refractivity contribution is 9.10. The average molecular weight is 732 g/mol. The van der Waals surface area contributed by atoms with Gasteiger partial charge in [0, 0.05) is 29.0 Å². The van der Waals surface area contributed by atoms with E-state index in [2.05, 4.69) is 21.2 Å². The first-order chi connectivity index (χ1) is 21.5. The van der Waals surface area contributed by atoms with Gasteiger partial charge < -0.3 is 10.2 Å². The van der Waals surface area contributed by atoms with Gasteiger partial charge in [-0.2, -0.15) is 0 Å². The van der Waals surface area contributed by atoms with Crippen LogP contribution < -0.4 is 9.62 Å². The van der Waals surface area contributed by atoms with Gasteiger partial charge in [0.1, 0.15) is 12.6 Å². The van der Waals surface area contributed by atoms with Crippen LogP contribution in [0, 0.1) is 6.92 Å². The second-order valence-electron chi connectivity index (χ2n) is 10.6. The highest BCUT2D eigenvalue weighted by Crippen LogP contribution is 2.33. The first-order valence-electron chi connectivity index (χ1n) is 14.4. The van der Waals surface area contributed by atoms with Gasteiger partial charge in [-0.25, -0.2) is 8.42 Å². The van der Waals surface area contributed by atoms with Crippen molar-refractivity contribution in [3.63, 3.8) is 0 Å². The zero-order valence-corrected chi connectivity index (χ0v) is 28.8. The van der Waals surface area contributed by atoms with E-state index in [4.69, 9.17) is 23.2 Å². The van der Waals surface area contributed by atoms with Crippen LogP contribution in [0.3, 0.4) is 0 Å². The minimum absolute atomic E-state index is 0.0158. The maximum absolute atomic E-state index is 14.5. The van der Waals surface area contributed by atoms with E-state index in [0.717, 1.165) is 25.5 Å². The van der Waals surface area contributed by atoms with Crippen molar-refractivity contribution in [2.24, 2.45) is 0 Å². The van der Waals surface area contributed by atoms with Gasteiger partial charge in [0.25, 0.3) is 10.0 Å². The molecular formula is C34H34BrCl2N3O4S. The van der Waals surface area contributed by atoms with E-state index in [0.29, 0.717) is 13.0 Å². The second-order valence-corrected chi connectivity index (χ2v) is 14.2. The van der Waals surface area contributed by atoms with Gasteiger partial charge in [-0.15, -0.1) is 0 Å². The monoisotopic (exact) mass is 729 g/mol. The Hall–Kier alpha value is -3.37. The third kappa shape index (κ3) is 9.10. The molecule has 0 aromatic heterocycles. The normalized spacial score (nSPS) is 11.9. The van der Waals surface area contributed by atoms with Gasteiger partial charge in [-0.3, -0.25) is 13.9 Å². The Morgan fingerprint density at radius 3 is 2.20 bits per heavy atom. The molecule has 4 aromatic carbocycles. The molecule has 0 aliphatic heterocycles. The Labute approximate surface area is 283 Å². The minimum atomic E-state index is -4.30. The van der Waals surface area contributed by atoms with Crippen molar-refractivity contribution in [1.82, 2.24) is 10.2 Å². The summed E-state index contributed by atoms with van der Waals surface area (Å²) in [6.45, 7) is 3.66. The number of carbonyl (C=O) groups excluding carboxylic acids is 2. The molecular weight excluding hydrogens is 697 g/mol. The van der Waals surface area contributed by atoms with Crippen LogP contribution in [0.4, 0.5) is 5.69 Å². The lowest BCUT2D eigenvalue weighted by molar-refractivity contribution is -0.140. The number of halogens is 3. The molecule has 0 heterocycles. The van der Waals surface area contributed by atoms with Crippen LogP contribution in [0.5, 0.6) is 0 Å². The Morgan fingerprint density at radius 1 is 0.889 bits per heavy atom. The van der Waals surface area contributed by atoms with Gasteiger partial charge in [0.15, 0.2) is 0 Å². The van der Waals surface area contributed by atoms with Gasteiger partial charge in [0.05, 0.1) is 15.6 Å². The predicted molar refractivity (Wildman–Crippen MR) is 184 cm³/mol. The fourth-order valence-corrected chi connectivity index (χ4v) is 6.86. The lowest BCUT2D eigenvalue weighted by atomic mass is 10.0. The average Bonchev–Trinajstić information content (AvgIpc) is 3.03. The zero-order valence-electron chi connectivity index (χ0n) is 24.9. The van der Waals surface area contributed by atoms with Crippen LogP contribution in [-0.2, 0) is 32.6 Å². The molecule has 0 aliphatic carbocycles. The number of benzene rings is 4. The predicted octanol–water partition coefficient (Wildman–Crippen LogP) is 7.43. The molecule has 11 heteroatoms. The SMILES string of the molecule is CCCNC(=O)C(Cc1ccccc1)N(Cc1ccc(Br)cc1)C(=O)CN(c1cc(Cl)ccc1Cl)S(=O)(=O)c1ccc(C)cc1. The van der Waals surface area contributed by atoms with Gasteiger partial charge >= 0.3 is 0 Å². The van der Waals surface area contributed by atoms with E-state index < -0.39 is 28.5 Å². The van der Waals surface area contributed by atoms with Crippen molar-refractivity contribution >= 4 is 66.7 Å². The van der Waals surface area contributed by atoms with Crippen LogP contribution in [0.1, 0.15) is 30.0 Å². The van der Waals surface area contributed by atoms with Crippen molar-refractivity contribution in [2.45, 2.75) is 44.2 Å². The van der Waals surface area contributed by atoms with Crippen LogP contribution in [-0.4, -0.2) is 44.3 Å². The largest absolute Gasteiger partial charge is 0.354 e. The quantitative estimate of drug-likeness (QED) is 0.155. The minimum Gasteiger partial charge on any atom is -0.354 e. The second kappa shape index (κ2) is 15.8. The molecule has 4 rings (SSSR count). The summed E-state index contributed by atoms with van der Waals surface area (Å²) in [5.41, 5.74) is 2.54. The van der Waals surface area contributed by atoms with E-state index in [1.54, 1.807) is 18.2 Å². The van der Waals surface area contributed by atoms with Gasteiger partial charge in [-0.1, -0.05) is 106 Å². The third-order valence-corrected chi connectivity index (χ3v) is 10.0. The Balaban J connectivity index is 1.82. The number of nitrogens with zero attached hydrogens (tertiary/aromatic N) is 2. The summed E-state index contributed by atoms with van der Waals surface area (Å²) in [6.07, 6.45) is 0.932. The Bertz CT molecular complexity index is 1720. The number of hydrogen-bond donors (Lipinski definition) is 1. The van der Waals surface area contributed by atoms with Crippen molar-refractivity contribution < 1.29 is 18.0 Å². The van der Waals surface area contributed by atoms with Crippen molar-refractivity contribution in [1.29, 1.82) is 0 Å². The van der Waals surface area contributed by atoms with Gasteiger partial charge in [-0.05, 0) is 66.9 Å². The number of sulfonamides is 1. The summed E-state index contributed by atoms with van der Waals surface area (Å²) in [5.74, 6) is -0.919. The molecule has 0 saturated carbocycles. The van der Waals surface area contributed by atoms with E-state index in [1.165, 1.54) is 29.2 Å². The standard InChI is InChI=1S/C34H34BrCl2N3O4S/c1-3-19-38-34(42)32(20-25-7-5-4-6-8-25)39(22-26-11-13-27(35)14-12-26)33(41)23-40(31-21-28(36)15-18-30(31)37)45(43,44)29-16-9-24(2)10-17-29/h4-18,21,32H,3,19-20,22-23H2,1-2H3,(H,38,42). The third-order valence-electron chi connectivity index (χ3n) is 7.15. The van der Waals surface area contributed by atoms with Crippen LogP contribution in [0.25, 0.3) is 0 Å². The van der Waals surface area contributed by atoms with Gasteiger partial charge in [0.2, 0.25) is 11.8 Å². The summed E-state index contributed by atoms with van der Waals surface area (Å²) in [4.78, 5) is 29.6. The van der Waals surface area contributed by atoms with Crippen molar-refractivity contribution in [3.8, 4) is 0 Å². The number of aryl methyl sites for hydroxylation is 1. The molecule has 1 atom stereocenters. The Kier molecular flexibility index (Phi) is 12.1. The van der Waals surface area contributed by atoms with Crippen LogP contribution in [0.15, 0.2) is 106 Å². The molecule has 236 valence electrons. The summed E-state index contributed by atoms with van der Waals surface area (Å²) < 4.78 is 30.2. The number of carbonyl (C=O) groups is 2. The lowest BCUT2D eigenvalue weighted by Gasteiger charge is -2.34. The molecule has 1 N–H and O–H groups in total. The highest BCUT2D eigenvalue weighted by atomic mass is 79.9. The zero-order chi connectivity index (χ0) is 32.6. The number of amides is 2. The smallest absolute Gasteiger partial charge is 0.264 e. The fraction of sp³-hybridized carbons (Fsp3) is 0.235. The lowest BCUT2D eigenvalue weighted by Crippen LogP contribution is -2.53.